The lowest BCUT2D eigenvalue weighted by Gasteiger charge is -2.30. The van der Waals surface area contributed by atoms with Gasteiger partial charge in [0.05, 0.1) is 12.7 Å². The number of methoxy groups -OCH3 is 1. The number of para-hydroxylation sites is 1. The summed E-state index contributed by atoms with van der Waals surface area (Å²) >= 11 is 0. The normalized spacial score (nSPS) is 16.0. The maximum Gasteiger partial charge on any atom is 0.263 e. The molecule has 0 aromatic heterocycles. The number of amidine groups is 1. The monoisotopic (exact) mass is 319 g/mol. The van der Waals surface area contributed by atoms with Crippen molar-refractivity contribution in [1.82, 2.24) is 4.90 Å². The third-order valence-electron chi connectivity index (χ3n) is 4.25. The molecular formula is C17H25N3O3. The summed E-state index contributed by atoms with van der Waals surface area (Å²) in [6.07, 6.45) is 5.75. The van der Waals surface area contributed by atoms with Crippen LogP contribution < -0.4 is 10.5 Å². The summed E-state index contributed by atoms with van der Waals surface area (Å²) in [5, 5.41) is 3.84. The molecule has 0 spiro atoms. The van der Waals surface area contributed by atoms with Gasteiger partial charge >= 0.3 is 0 Å². The molecule has 0 aliphatic heterocycles. The number of nitrogens with two attached hydrogens (primary N) is 1. The Kier molecular flexibility index (Phi) is 6.26. The molecule has 6 heteroatoms. The second kappa shape index (κ2) is 8.41. The highest BCUT2D eigenvalue weighted by Crippen LogP contribution is 2.21. The fourth-order valence-corrected chi connectivity index (χ4v) is 2.84. The van der Waals surface area contributed by atoms with Gasteiger partial charge in [-0.1, -0.05) is 36.6 Å². The summed E-state index contributed by atoms with van der Waals surface area (Å²) in [5.74, 6) is 0.729. The number of carbonyl (C=O) groups is 1. The quantitative estimate of drug-likeness (QED) is 0.495. The Bertz CT molecular complexity index is 554. The summed E-state index contributed by atoms with van der Waals surface area (Å²) < 4.78 is 5.22. The molecule has 0 heterocycles. The Morgan fingerprint density at radius 3 is 2.70 bits per heavy atom. The second-order valence-corrected chi connectivity index (χ2v) is 5.75. The molecule has 0 radical (unpaired) electrons. The molecule has 126 valence electrons. The average molecular weight is 319 g/mol. The van der Waals surface area contributed by atoms with Crippen LogP contribution in [-0.4, -0.2) is 43.4 Å². The molecule has 1 saturated carbocycles. The van der Waals surface area contributed by atoms with Gasteiger partial charge in [0, 0.05) is 13.1 Å². The average Bonchev–Trinajstić information content (AvgIpc) is 2.61. The van der Waals surface area contributed by atoms with E-state index < -0.39 is 0 Å². The van der Waals surface area contributed by atoms with Gasteiger partial charge in [-0.3, -0.25) is 4.79 Å². The maximum absolute atomic E-state index is 12.1. The fourth-order valence-electron chi connectivity index (χ4n) is 2.84. The third kappa shape index (κ3) is 4.61. The van der Waals surface area contributed by atoms with Crippen LogP contribution in [0.15, 0.2) is 29.4 Å². The van der Waals surface area contributed by atoms with Crippen molar-refractivity contribution in [2.45, 2.75) is 38.1 Å². The van der Waals surface area contributed by atoms with E-state index >= 15 is 0 Å². The molecule has 0 bridgehead atoms. The van der Waals surface area contributed by atoms with Crippen molar-refractivity contribution in [3.8, 4) is 5.75 Å². The number of amides is 1. The van der Waals surface area contributed by atoms with Crippen molar-refractivity contribution in [3.63, 3.8) is 0 Å². The minimum absolute atomic E-state index is 0.0755. The fraction of sp³-hybridized carbons (Fsp3) is 0.529. The number of rotatable bonds is 6. The van der Waals surface area contributed by atoms with Crippen molar-refractivity contribution >= 4 is 11.7 Å². The van der Waals surface area contributed by atoms with Crippen molar-refractivity contribution in [3.05, 3.63) is 29.8 Å². The summed E-state index contributed by atoms with van der Waals surface area (Å²) in [5.41, 5.74) is 6.54. The first-order valence-corrected chi connectivity index (χ1v) is 7.98. The number of hydrogen-bond donors (Lipinski definition) is 1. The Hall–Kier alpha value is -2.24. The maximum atomic E-state index is 12.1. The largest absolute Gasteiger partial charge is 0.496 e. The molecule has 6 nitrogen and oxygen atoms in total. The molecule has 0 saturated heterocycles. The van der Waals surface area contributed by atoms with E-state index in [-0.39, 0.29) is 18.3 Å². The van der Waals surface area contributed by atoms with E-state index in [2.05, 4.69) is 5.16 Å². The first-order chi connectivity index (χ1) is 11.1. The molecule has 1 fully saturated rings. The zero-order valence-electron chi connectivity index (χ0n) is 13.8. The van der Waals surface area contributed by atoms with Crippen molar-refractivity contribution < 1.29 is 14.4 Å². The van der Waals surface area contributed by atoms with Gasteiger partial charge < -0.3 is 20.2 Å². The SMILES string of the molecule is COc1ccccc1/C(N)=N\OCC(=O)N(C)C1CCCCC1. The number of likely N-dealkylation sites (N-methyl/N-ethyl adjacent to an activating group) is 1. The molecule has 2 N–H and O–H groups in total. The molecule has 2 rings (SSSR count). The van der Waals surface area contributed by atoms with Crippen LogP contribution in [0, 0.1) is 0 Å². The second-order valence-electron chi connectivity index (χ2n) is 5.75. The van der Waals surface area contributed by atoms with E-state index in [9.17, 15) is 4.79 Å². The Labute approximate surface area is 137 Å². The number of benzene rings is 1. The zero-order valence-corrected chi connectivity index (χ0v) is 13.8. The van der Waals surface area contributed by atoms with E-state index in [4.69, 9.17) is 15.3 Å². The standard InChI is InChI=1S/C17H25N3O3/c1-20(13-8-4-3-5-9-13)16(21)12-23-19-17(18)14-10-6-7-11-15(14)22-2/h6-7,10-11,13H,3-5,8-9,12H2,1-2H3,(H2,18,19). The molecular weight excluding hydrogens is 294 g/mol. The van der Waals surface area contributed by atoms with Crippen LogP contribution in [0.3, 0.4) is 0 Å². The smallest absolute Gasteiger partial charge is 0.263 e. The number of hydrogen-bond acceptors (Lipinski definition) is 4. The van der Waals surface area contributed by atoms with Crippen molar-refractivity contribution in [2.75, 3.05) is 20.8 Å². The van der Waals surface area contributed by atoms with Crippen LogP contribution in [-0.2, 0) is 9.63 Å². The molecule has 1 aliphatic carbocycles. The van der Waals surface area contributed by atoms with Gasteiger partial charge in [0.15, 0.2) is 12.4 Å². The number of ether oxygens (including phenoxy) is 1. The molecule has 1 aliphatic rings. The molecule has 23 heavy (non-hydrogen) atoms. The van der Waals surface area contributed by atoms with Crippen LogP contribution in [0.2, 0.25) is 0 Å². The van der Waals surface area contributed by atoms with Crippen molar-refractivity contribution in [1.29, 1.82) is 0 Å². The van der Waals surface area contributed by atoms with Crippen LogP contribution in [0.1, 0.15) is 37.7 Å². The number of oxime groups is 1. The zero-order chi connectivity index (χ0) is 16.7. The van der Waals surface area contributed by atoms with Crippen molar-refractivity contribution in [2.24, 2.45) is 10.9 Å². The molecule has 1 aromatic rings. The van der Waals surface area contributed by atoms with Crippen LogP contribution >= 0.6 is 0 Å². The van der Waals surface area contributed by atoms with E-state index in [1.54, 1.807) is 24.1 Å². The summed E-state index contributed by atoms with van der Waals surface area (Å²) in [6, 6.07) is 7.58. The molecule has 0 unspecified atom stereocenters. The predicted octanol–water partition coefficient (Wildman–Crippen LogP) is 2.12. The van der Waals surface area contributed by atoms with Gasteiger partial charge in [-0.25, -0.2) is 0 Å². The van der Waals surface area contributed by atoms with E-state index in [0.29, 0.717) is 17.4 Å². The minimum atomic E-state index is -0.108. The van der Waals surface area contributed by atoms with Gasteiger partial charge in [-0.15, -0.1) is 0 Å². The van der Waals surface area contributed by atoms with Gasteiger partial charge in [-0.2, -0.15) is 0 Å². The van der Waals surface area contributed by atoms with Crippen LogP contribution in [0.25, 0.3) is 0 Å². The summed E-state index contributed by atoms with van der Waals surface area (Å²) in [4.78, 5) is 19.1. The van der Waals surface area contributed by atoms with Gasteiger partial charge in [0.1, 0.15) is 5.75 Å². The Balaban J connectivity index is 1.88. The Morgan fingerprint density at radius 1 is 1.30 bits per heavy atom. The topological polar surface area (TPSA) is 77.1 Å². The van der Waals surface area contributed by atoms with E-state index in [1.807, 2.05) is 19.2 Å². The first-order valence-electron chi connectivity index (χ1n) is 7.98. The lowest BCUT2D eigenvalue weighted by molar-refractivity contribution is -0.137. The summed E-state index contributed by atoms with van der Waals surface area (Å²) in [6.45, 7) is -0.108. The predicted molar refractivity (Wildman–Crippen MR) is 89.3 cm³/mol. The van der Waals surface area contributed by atoms with Crippen LogP contribution in [0.4, 0.5) is 0 Å². The van der Waals surface area contributed by atoms with E-state index in [1.165, 1.54) is 19.3 Å². The lowest BCUT2D eigenvalue weighted by Crippen LogP contribution is -2.40. The lowest BCUT2D eigenvalue weighted by atomic mass is 9.94. The van der Waals surface area contributed by atoms with Crippen LogP contribution in [0.5, 0.6) is 5.75 Å². The summed E-state index contributed by atoms with van der Waals surface area (Å²) in [7, 11) is 3.39. The minimum Gasteiger partial charge on any atom is -0.496 e. The molecule has 0 atom stereocenters. The number of carbonyl (C=O) groups excluding carboxylic acids is 1. The Morgan fingerprint density at radius 2 is 2.00 bits per heavy atom. The molecule has 1 amide bonds. The highest BCUT2D eigenvalue weighted by atomic mass is 16.6. The third-order valence-corrected chi connectivity index (χ3v) is 4.25. The van der Waals surface area contributed by atoms with Gasteiger partial charge in [0.25, 0.3) is 5.91 Å². The highest BCUT2D eigenvalue weighted by molar-refractivity contribution is 5.99. The van der Waals surface area contributed by atoms with Gasteiger partial charge in [0.2, 0.25) is 0 Å². The first kappa shape index (κ1) is 17.1. The molecule has 1 aromatic carbocycles. The van der Waals surface area contributed by atoms with E-state index in [0.717, 1.165) is 12.8 Å². The van der Waals surface area contributed by atoms with Gasteiger partial charge in [-0.05, 0) is 25.0 Å². The number of nitrogens with zero attached hydrogens (tertiary/aromatic N) is 2. The highest BCUT2D eigenvalue weighted by Gasteiger charge is 2.22.